The minimum atomic E-state index is -1.31. The third kappa shape index (κ3) is 4.93. The summed E-state index contributed by atoms with van der Waals surface area (Å²) in [6.07, 6.45) is 7.23. The van der Waals surface area contributed by atoms with Gasteiger partial charge in [0.25, 0.3) is 0 Å². The molecule has 2 aliphatic rings. The molecule has 0 saturated carbocycles. The highest BCUT2D eigenvalue weighted by Crippen LogP contribution is 2.28. The van der Waals surface area contributed by atoms with E-state index in [1.165, 1.54) is 32.4 Å². The Balaban J connectivity index is 0.00000220. The van der Waals surface area contributed by atoms with Crippen molar-refractivity contribution in [3.63, 3.8) is 0 Å². The van der Waals surface area contributed by atoms with E-state index in [0.29, 0.717) is 6.42 Å². The number of carbonyl (C=O) groups excluding carboxylic acids is 1. The number of quaternary nitrogens is 1. The van der Waals surface area contributed by atoms with Crippen LogP contribution in [0.1, 0.15) is 58.8 Å². The van der Waals surface area contributed by atoms with Crippen molar-refractivity contribution in [1.29, 1.82) is 0 Å². The number of ether oxygens (including phenoxy) is 1. The van der Waals surface area contributed by atoms with Crippen LogP contribution in [0.3, 0.4) is 0 Å². The molecule has 2 unspecified atom stereocenters. The molecule has 4 nitrogen and oxygen atoms in total. The summed E-state index contributed by atoms with van der Waals surface area (Å²) in [5.74, 6) is -0.423. The molecule has 0 bridgehead atoms. The molecule has 1 N–H and O–H groups in total. The van der Waals surface area contributed by atoms with Gasteiger partial charge in [0.05, 0.1) is 19.6 Å². The molecule has 2 fully saturated rings. The van der Waals surface area contributed by atoms with Gasteiger partial charge in [-0.05, 0) is 32.6 Å². The van der Waals surface area contributed by atoms with Crippen molar-refractivity contribution < 1.29 is 36.1 Å². The summed E-state index contributed by atoms with van der Waals surface area (Å²) < 4.78 is 6.73. The minimum Gasteiger partial charge on any atom is -1.00 e. The van der Waals surface area contributed by atoms with Gasteiger partial charge in [-0.2, -0.15) is 0 Å². The van der Waals surface area contributed by atoms with Gasteiger partial charge in [0.15, 0.2) is 11.7 Å². The van der Waals surface area contributed by atoms with E-state index in [0.717, 1.165) is 36.8 Å². The number of unbranched alkanes of at least 4 members (excludes halogenated alkanes) is 1. The van der Waals surface area contributed by atoms with Crippen molar-refractivity contribution in [2.24, 2.45) is 0 Å². The second-order valence-corrected chi connectivity index (χ2v) is 6.95. The molecule has 2 saturated heterocycles. The van der Waals surface area contributed by atoms with Gasteiger partial charge < -0.3 is 31.3 Å². The Morgan fingerprint density at radius 1 is 1.29 bits per heavy atom. The molecule has 0 aromatic rings. The summed E-state index contributed by atoms with van der Waals surface area (Å²) in [6, 6.07) is 0. The van der Waals surface area contributed by atoms with Crippen molar-refractivity contribution in [3.8, 4) is 0 Å². The van der Waals surface area contributed by atoms with Crippen LogP contribution in [0, 0.1) is 0 Å². The summed E-state index contributed by atoms with van der Waals surface area (Å²) in [5, 5.41) is 10.2. The molecule has 0 aliphatic carbocycles. The highest BCUT2D eigenvalue weighted by atomic mass is 79.9. The van der Waals surface area contributed by atoms with Gasteiger partial charge in [-0.1, -0.05) is 19.8 Å². The topological polar surface area (TPSA) is 46.5 Å². The molecule has 21 heavy (non-hydrogen) atoms. The number of carbonyl (C=O) groups is 1. The van der Waals surface area contributed by atoms with Crippen molar-refractivity contribution >= 4 is 5.97 Å². The van der Waals surface area contributed by atoms with Crippen LogP contribution in [0.4, 0.5) is 0 Å². The lowest BCUT2D eigenvalue weighted by atomic mass is 9.99. The van der Waals surface area contributed by atoms with Crippen molar-refractivity contribution in [1.82, 2.24) is 0 Å². The molecule has 2 atom stereocenters. The van der Waals surface area contributed by atoms with Gasteiger partial charge in [-0.15, -0.1) is 0 Å². The molecule has 2 aliphatic heterocycles. The molecule has 0 radical (unpaired) electrons. The van der Waals surface area contributed by atoms with E-state index in [-0.39, 0.29) is 23.1 Å². The maximum Gasteiger partial charge on any atom is 0.338 e. The first kappa shape index (κ1) is 18.9. The first-order valence-corrected chi connectivity index (χ1v) is 8.26. The zero-order valence-corrected chi connectivity index (χ0v) is 15.0. The number of piperidine rings is 1. The normalized spacial score (nSPS) is 26.9. The van der Waals surface area contributed by atoms with Gasteiger partial charge in [0, 0.05) is 6.42 Å². The predicted molar refractivity (Wildman–Crippen MR) is 78.2 cm³/mol. The Labute approximate surface area is 139 Å². The highest BCUT2D eigenvalue weighted by molar-refractivity contribution is 5.78. The third-order valence-electron chi connectivity index (χ3n) is 5.01. The van der Waals surface area contributed by atoms with Crippen molar-refractivity contribution in [2.45, 2.75) is 70.5 Å². The number of hydrogen-bond acceptors (Lipinski definition) is 3. The van der Waals surface area contributed by atoms with Crippen LogP contribution in [0.2, 0.25) is 0 Å². The maximum atomic E-state index is 12.1. The Kier molecular flexibility index (Phi) is 7.14. The largest absolute Gasteiger partial charge is 1.00 e. The van der Waals surface area contributed by atoms with E-state index in [1.807, 2.05) is 0 Å². The van der Waals surface area contributed by atoms with Crippen molar-refractivity contribution in [3.05, 3.63) is 0 Å². The Hall–Kier alpha value is -0.130. The fraction of sp³-hybridized carbons (Fsp3) is 0.938. The van der Waals surface area contributed by atoms with E-state index in [4.69, 9.17) is 4.74 Å². The summed E-state index contributed by atoms with van der Waals surface area (Å²) >= 11 is 0. The van der Waals surface area contributed by atoms with Crippen LogP contribution in [0.25, 0.3) is 0 Å². The van der Waals surface area contributed by atoms with Crippen LogP contribution in [0.15, 0.2) is 0 Å². The van der Waals surface area contributed by atoms with E-state index in [9.17, 15) is 9.90 Å². The van der Waals surface area contributed by atoms with Crippen molar-refractivity contribution in [2.75, 3.05) is 26.2 Å². The number of rotatable bonds is 5. The number of nitrogens with zero attached hydrogens (tertiary/aromatic N) is 1. The zero-order chi connectivity index (χ0) is 14.6. The van der Waals surface area contributed by atoms with Gasteiger partial charge in [0.1, 0.15) is 6.54 Å². The fourth-order valence-electron chi connectivity index (χ4n) is 3.62. The molecule has 124 valence electrons. The number of aliphatic hydroxyl groups is 1. The van der Waals surface area contributed by atoms with E-state index in [2.05, 4.69) is 6.92 Å². The molecule has 0 amide bonds. The standard InChI is InChI=1S/C16H30NO3.BrH/c1-3-4-9-16(2,19)15(18)20-14-8-12-17(13-14)10-6-5-7-11-17;/h14,19H,3-13H2,1-2H3;1H/q+1;/p-1. The van der Waals surface area contributed by atoms with Crippen LogP contribution < -0.4 is 17.0 Å². The first-order valence-electron chi connectivity index (χ1n) is 8.26. The minimum absolute atomic E-state index is 0. The first-order chi connectivity index (χ1) is 9.47. The van der Waals surface area contributed by atoms with Crippen LogP contribution in [0.5, 0.6) is 0 Å². The number of halogens is 1. The van der Waals surface area contributed by atoms with Gasteiger partial charge in [0.2, 0.25) is 0 Å². The number of esters is 1. The summed E-state index contributed by atoms with van der Waals surface area (Å²) in [7, 11) is 0. The smallest absolute Gasteiger partial charge is 0.338 e. The van der Waals surface area contributed by atoms with Gasteiger partial charge in [-0.25, -0.2) is 4.79 Å². The molecule has 2 heterocycles. The fourth-order valence-corrected chi connectivity index (χ4v) is 3.62. The number of hydrogen-bond donors (Lipinski definition) is 1. The zero-order valence-electron chi connectivity index (χ0n) is 13.4. The summed E-state index contributed by atoms with van der Waals surface area (Å²) in [6.45, 7) is 8.21. The van der Waals surface area contributed by atoms with E-state index < -0.39 is 11.6 Å². The van der Waals surface area contributed by atoms with Gasteiger partial charge in [-0.3, -0.25) is 0 Å². The molecular weight excluding hydrogens is 334 g/mol. The summed E-state index contributed by atoms with van der Waals surface area (Å²) in [4.78, 5) is 12.1. The van der Waals surface area contributed by atoms with Crippen LogP contribution in [-0.4, -0.2) is 53.4 Å². The highest BCUT2D eigenvalue weighted by Gasteiger charge is 2.42. The lowest BCUT2D eigenvalue weighted by Crippen LogP contribution is -3.00. The van der Waals surface area contributed by atoms with E-state index >= 15 is 0 Å². The third-order valence-corrected chi connectivity index (χ3v) is 5.01. The second kappa shape index (κ2) is 7.93. The molecule has 5 heteroatoms. The Morgan fingerprint density at radius 2 is 1.95 bits per heavy atom. The lowest BCUT2D eigenvalue weighted by molar-refractivity contribution is -0.922. The molecule has 2 rings (SSSR count). The van der Waals surface area contributed by atoms with E-state index in [1.54, 1.807) is 6.92 Å². The molecule has 0 aromatic carbocycles. The SMILES string of the molecule is CCCCC(C)(O)C(=O)OC1CC[N+]2(CCCCC2)C1.[Br-]. The quantitative estimate of drug-likeness (QED) is 0.516. The molecule has 1 spiro atoms. The monoisotopic (exact) mass is 363 g/mol. The predicted octanol–water partition coefficient (Wildman–Crippen LogP) is -0.752. The van der Waals surface area contributed by atoms with Crippen LogP contribution >= 0.6 is 0 Å². The van der Waals surface area contributed by atoms with Crippen LogP contribution in [-0.2, 0) is 9.53 Å². The Bertz CT molecular complexity index is 340. The molecular formula is C16H30BrNO3. The average molecular weight is 364 g/mol. The summed E-state index contributed by atoms with van der Waals surface area (Å²) in [5.41, 5.74) is -1.31. The lowest BCUT2D eigenvalue weighted by Gasteiger charge is -2.37. The maximum absolute atomic E-state index is 12.1. The Morgan fingerprint density at radius 3 is 2.57 bits per heavy atom. The average Bonchev–Trinajstić information content (AvgIpc) is 2.80. The van der Waals surface area contributed by atoms with Gasteiger partial charge >= 0.3 is 5.97 Å². The second-order valence-electron chi connectivity index (χ2n) is 6.95. The molecule has 0 aromatic heterocycles.